The molecule has 9 nitrogen and oxygen atoms in total. The zero-order chi connectivity index (χ0) is 22.3. The molecule has 0 spiro atoms. The van der Waals surface area contributed by atoms with Crippen LogP contribution >= 0.6 is 34.8 Å². The predicted molar refractivity (Wildman–Crippen MR) is 117 cm³/mol. The van der Waals surface area contributed by atoms with Gasteiger partial charge in [-0.2, -0.15) is 0 Å². The van der Waals surface area contributed by atoms with Gasteiger partial charge >= 0.3 is 5.97 Å². The molecule has 2 unspecified atom stereocenters. The Morgan fingerprint density at radius 2 is 1.90 bits per heavy atom. The highest BCUT2D eigenvalue weighted by Gasteiger charge is 2.41. The number of halogens is 3. The first-order valence-corrected chi connectivity index (χ1v) is 10.1. The van der Waals surface area contributed by atoms with E-state index in [2.05, 4.69) is 20.3 Å². The number of amides is 1. The summed E-state index contributed by atoms with van der Waals surface area (Å²) in [6, 6.07) is 7.53. The molecule has 160 valence electrons. The van der Waals surface area contributed by atoms with E-state index in [0.717, 1.165) is 5.56 Å². The number of aromatic carboxylic acids is 1. The highest BCUT2D eigenvalue weighted by atomic mass is 35.5. The number of pyridine rings is 1. The first-order valence-electron chi connectivity index (χ1n) is 8.98. The van der Waals surface area contributed by atoms with Crippen LogP contribution in [0.15, 0.2) is 36.5 Å². The maximum Gasteiger partial charge on any atom is 0.338 e. The molecule has 2 atom stereocenters. The zero-order valence-electron chi connectivity index (χ0n) is 15.6. The lowest BCUT2D eigenvalue weighted by molar-refractivity contribution is -0.118. The quantitative estimate of drug-likeness (QED) is 0.417. The Labute approximate surface area is 191 Å². The standard InChI is InChI=1S/C19H15Cl3N6O3/c20-9-3-1-8(2-4-9)18-27-17-13(10(19(30)31)5-6-24-17)28(18)11(7-12(23)29)16-25-14(21)15(22)26-16/h1-6,11,18H,7H2,(H2,23,29)(H,24,27)(H,25,26)(H,30,31). The molecule has 1 aliphatic rings. The van der Waals surface area contributed by atoms with Gasteiger partial charge in [0.05, 0.1) is 23.7 Å². The second kappa shape index (κ2) is 8.26. The van der Waals surface area contributed by atoms with Gasteiger partial charge in [-0.25, -0.2) is 14.8 Å². The van der Waals surface area contributed by atoms with Crippen molar-refractivity contribution in [2.45, 2.75) is 18.6 Å². The van der Waals surface area contributed by atoms with Crippen molar-refractivity contribution in [2.24, 2.45) is 5.73 Å². The number of aromatic amines is 1. The minimum Gasteiger partial charge on any atom is -0.478 e. The molecule has 1 amide bonds. The van der Waals surface area contributed by atoms with Crippen LogP contribution in [-0.4, -0.2) is 31.9 Å². The number of nitrogens with one attached hydrogen (secondary N) is 2. The molecule has 1 aliphatic heterocycles. The lowest BCUT2D eigenvalue weighted by atomic mass is 10.1. The van der Waals surface area contributed by atoms with Crippen LogP contribution in [0.25, 0.3) is 0 Å². The van der Waals surface area contributed by atoms with E-state index in [4.69, 9.17) is 40.5 Å². The predicted octanol–water partition coefficient (Wildman–Crippen LogP) is 4.01. The van der Waals surface area contributed by atoms with Crippen molar-refractivity contribution < 1.29 is 14.7 Å². The largest absolute Gasteiger partial charge is 0.478 e. The fourth-order valence-electron chi connectivity index (χ4n) is 3.57. The van der Waals surface area contributed by atoms with Gasteiger partial charge in [-0.1, -0.05) is 46.9 Å². The number of primary amides is 1. The fourth-order valence-corrected chi connectivity index (χ4v) is 3.97. The molecule has 3 aromatic rings. The maximum absolute atomic E-state index is 12.0. The Kier molecular flexibility index (Phi) is 5.65. The van der Waals surface area contributed by atoms with Crippen molar-refractivity contribution in [1.82, 2.24) is 15.0 Å². The second-order valence-electron chi connectivity index (χ2n) is 6.78. The van der Waals surface area contributed by atoms with Gasteiger partial charge < -0.3 is 26.0 Å². The Morgan fingerprint density at radius 1 is 1.19 bits per heavy atom. The molecule has 0 bridgehead atoms. The van der Waals surface area contributed by atoms with E-state index in [1.807, 2.05) is 0 Å². The third-order valence-electron chi connectivity index (χ3n) is 4.83. The molecule has 0 fully saturated rings. The molecule has 31 heavy (non-hydrogen) atoms. The molecule has 1 aromatic carbocycles. The summed E-state index contributed by atoms with van der Waals surface area (Å²) in [6.07, 6.45) is 0.591. The number of imidazole rings is 1. The summed E-state index contributed by atoms with van der Waals surface area (Å²) in [6.45, 7) is 0. The van der Waals surface area contributed by atoms with Crippen molar-refractivity contribution in [1.29, 1.82) is 0 Å². The zero-order valence-corrected chi connectivity index (χ0v) is 17.9. The van der Waals surface area contributed by atoms with Gasteiger partial charge in [-0.05, 0) is 23.8 Å². The number of nitrogens with zero attached hydrogens (tertiary/aromatic N) is 3. The molecule has 12 heteroatoms. The van der Waals surface area contributed by atoms with E-state index < -0.39 is 24.1 Å². The van der Waals surface area contributed by atoms with Crippen molar-refractivity contribution in [2.75, 3.05) is 10.2 Å². The number of carbonyl (C=O) groups excluding carboxylic acids is 1. The van der Waals surface area contributed by atoms with Gasteiger partial charge in [0.1, 0.15) is 17.1 Å². The molecule has 5 N–H and O–H groups in total. The smallest absolute Gasteiger partial charge is 0.338 e. The van der Waals surface area contributed by atoms with Crippen LogP contribution in [0.2, 0.25) is 15.3 Å². The normalized spacial score (nSPS) is 16.0. The van der Waals surface area contributed by atoms with E-state index in [0.29, 0.717) is 10.8 Å². The number of carboxylic acids is 1. The number of hydrogen-bond donors (Lipinski definition) is 4. The first kappa shape index (κ1) is 21.2. The van der Waals surface area contributed by atoms with Crippen LogP contribution in [0.5, 0.6) is 0 Å². The number of H-pyrrole nitrogens is 1. The number of benzene rings is 1. The van der Waals surface area contributed by atoms with Crippen molar-refractivity contribution in [3.8, 4) is 0 Å². The molecular weight excluding hydrogens is 467 g/mol. The minimum absolute atomic E-state index is 0.00724. The summed E-state index contributed by atoms with van der Waals surface area (Å²) in [4.78, 5) is 37.0. The van der Waals surface area contributed by atoms with Gasteiger partial charge in [0.2, 0.25) is 5.91 Å². The summed E-state index contributed by atoms with van der Waals surface area (Å²) in [5.74, 6) is -1.20. The summed E-state index contributed by atoms with van der Waals surface area (Å²) in [5.41, 5.74) is 6.54. The topological polar surface area (TPSA) is 137 Å². The number of anilines is 2. The highest BCUT2D eigenvalue weighted by molar-refractivity contribution is 6.40. The first-order chi connectivity index (χ1) is 14.8. The molecule has 3 heterocycles. The third-order valence-corrected chi connectivity index (χ3v) is 5.73. The van der Waals surface area contributed by atoms with Gasteiger partial charge in [0.15, 0.2) is 11.0 Å². The highest BCUT2D eigenvalue weighted by Crippen LogP contribution is 2.47. The summed E-state index contributed by atoms with van der Waals surface area (Å²) >= 11 is 18.1. The van der Waals surface area contributed by atoms with Crippen LogP contribution in [0.1, 0.15) is 40.4 Å². The molecule has 4 rings (SSSR count). The van der Waals surface area contributed by atoms with E-state index in [9.17, 15) is 14.7 Å². The van der Waals surface area contributed by atoms with E-state index in [1.54, 1.807) is 29.2 Å². The number of hydrogen-bond acceptors (Lipinski definition) is 6. The van der Waals surface area contributed by atoms with Gasteiger partial charge in [0.25, 0.3) is 0 Å². The Bertz CT molecular complexity index is 1150. The van der Waals surface area contributed by atoms with Crippen LogP contribution < -0.4 is 16.0 Å². The Morgan fingerprint density at radius 3 is 2.48 bits per heavy atom. The van der Waals surface area contributed by atoms with Crippen molar-refractivity contribution in [3.05, 3.63) is 68.8 Å². The number of rotatable bonds is 6. The fraction of sp³-hybridized carbons (Fsp3) is 0.158. The van der Waals surface area contributed by atoms with E-state index in [-0.39, 0.29) is 33.8 Å². The van der Waals surface area contributed by atoms with Gasteiger partial charge in [-0.15, -0.1) is 0 Å². The van der Waals surface area contributed by atoms with Crippen LogP contribution in [0.4, 0.5) is 11.5 Å². The SMILES string of the molecule is NC(=O)CC(c1nc(Cl)c(Cl)[nH]1)N1c2c(C(=O)O)ccnc2NC1c1ccc(Cl)cc1. The molecule has 0 aliphatic carbocycles. The van der Waals surface area contributed by atoms with Crippen molar-refractivity contribution in [3.63, 3.8) is 0 Å². The summed E-state index contributed by atoms with van der Waals surface area (Å²) in [7, 11) is 0. The average Bonchev–Trinajstić information content (AvgIpc) is 3.26. The number of carbonyl (C=O) groups is 2. The van der Waals surface area contributed by atoms with Crippen LogP contribution in [0, 0.1) is 0 Å². The summed E-state index contributed by atoms with van der Waals surface area (Å²) < 4.78 is 0. The van der Waals surface area contributed by atoms with Gasteiger partial charge in [0, 0.05) is 11.2 Å². The molecule has 0 saturated carbocycles. The number of nitrogens with two attached hydrogens (primary N) is 1. The number of aromatic nitrogens is 3. The van der Waals surface area contributed by atoms with Gasteiger partial charge in [-0.3, -0.25) is 4.79 Å². The Balaban J connectivity index is 1.93. The molecule has 2 aromatic heterocycles. The molecule has 0 saturated heterocycles. The van der Waals surface area contributed by atoms with E-state index in [1.165, 1.54) is 12.3 Å². The summed E-state index contributed by atoms with van der Waals surface area (Å²) in [5, 5.41) is 13.6. The van der Waals surface area contributed by atoms with E-state index >= 15 is 0 Å². The second-order valence-corrected chi connectivity index (χ2v) is 7.95. The lowest BCUT2D eigenvalue weighted by Crippen LogP contribution is -2.36. The molecule has 0 radical (unpaired) electrons. The Hall–Kier alpha value is -3.01. The lowest BCUT2D eigenvalue weighted by Gasteiger charge is -2.34. The van der Waals surface area contributed by atoms with Crippen molar-refractivity contribution >= 4 is 58.2 Å². The average molecular weight is 482 g/mol. The van der Waals surface area contributed by atoms with Crippen LogP contribution in [0.3, 0.4) is 0 Å². The van der Waals surface area contributed by atoms with Crippen LogP contribution in [-0.2, 0) is 4.79 Å². The molecular formula is C19H15Cl3N6O3. The number of fused-ring (bicyclic) bond motifs is 1. The minimum atomic E-state index is -1.16. The number of carboxylic acid groups (broad SMARTS) is 1. The monoisotopic (exact) mass is 480 g/mol. The third kappa shape index (κ3) is 3.99. The maximum atomic E-state index is 12.0.